The van der Waals surface area contributed by atoms with Crippen LogP contribution in [0.4, 0.5) is 0 Å². The summed E-state index contributed by atoms with van der Waals surface area (Å²) in [6.07, 6.45) is 1.10. The van der Waals surface area contributed by atoms with E-state index in [1.165, 1.54) is 7.11 Å². The molecule has 2 heterocycles. The third-order valence-corrected chi connectivity index (χ3v) is 2.79. The molecular weight excluding hydrogens is 194 g/mol. The van der Waals surface area contributed by atoms with E-state index in [2.05, 4.69) is 15.2 Å². The Hall–Kier alpha value is -1.36. The Morgan fingerprint density at radius 3 is 3.13 bits per heavy atom. The standard InChI is InChI=1S/C10H15N3O2/c1-13-9(7-3-4-11-6-7)5-8(12-13)10(14)15-2/h5,7,11H,3-4,6H2,1-2H3. The van der Waals surface area contributed by atoms with Gasteiger partial charge in [0, 0.05) is 25.2 Å². The van der Waals surface area contributed by atoms with Crippen LogP contribution in [0.2, 0.25) is 0 Å². The van der Waals surface area contributed by atoms with Gasteiger partial charge in [0.25, 0.3) is 0 Å². The van der Waals surface area contributed by atoms with Gasteiger partial charge < -0.3 is 10.1 Å². The topological polar surface area (TPSA) is 56.1 Å². The maximum atomic E-state index is 11.3. The van der Waals surface area contributed by atoms with E-state index in [0.717, 1.165) is 25.2 Å². The number of rotatable bonds is 2. The second kappa shape index (κ2) is 4.02. The predicted octanol–water partition coefficient (Wildman–Crippen LogP) is 0.284. The Labute approximate surface area is 88.4 Å². The van der Waals surface area contributed by atoms with Crippen molar-refractivity contribution in [1.29, 1.82) is 0 Å². The number of methoxy groups -OCH3 is 1. The Morgan fingerprint density at radius 1 is 1.73 bits per heavy atom. The summed E-state index contributed by atoms with van der Waals surface area (Å²) in [6, 6.07) is 1.82. The first-order valence-electron chi connectivity index (χ1n) is 5.05. The number of hydrogen-bond acceptors (Lipinski definition) is 4. The summed E-state index contributed by atoms with van der Waals surface area (Å²) in [5.74, 6) is 0.0868. The van der Waals surface area contributed by atoms with Gasteiger partial charge in [0.15, 0.2) is 5.69 Å². The average molecular weight is 209 g/mol. The van der Waals surface area contributed by atoms with Gasteiger partial charge in [-0.3, -0.25) is 4.68 Å². The van der Waals surface area contributed by atoms with Crippen LogP contribution in [0.1, 0.15) is 28.5 Å². The lowest BCUT2D eigenvalue weighted by Crippen LogP contribution is -2.10. The molecule has 1 aliphatic rings. The van der Waals surface area contributed by atoms with Crippen molar-refractivity contribution in [3.05, 3.63) is 17.5 Å². The van der Waals surface area contributed by atoms with Crippen molar-refractivity contribution in [3.63, 3.8) is 0 Å². The van der Waals surface area contributed by atoms with Crippen LogP contribution in [0.5, 0.6) is 0 Å². The van der Waals surface area contributed by atoms with Crippen molar-refractivity contribution >= 4 is 5.97 Å². The maximum absolute atomic E-state index is 11.3. The van der Waals surface area contributed by atoms with Gasteiger partial charge in [0.1, 0.15) is 0 Å². The summed E-state index contributed by atoms with van der Waals surface area (Å²) in [4.78, 5) is 11.3. The second-order valence-corrected chi connectivity index (χ2v) is 3.76. The molecule has 1 unspecified atom stereocenters. The monoisotopic (exact) mass is 209 g/mol. The van der Waals surface area contributed by atoms with Gasteiger partial charge in [-0.1, -0.05) is 0 Å². The van der Waals surface area contributed by atoms with E-state index in [-0.39, 0.29) is 5.97 Å². The molecule has 1 aliphatic heterocycles. The molecule has 0 aromatic carbocycles. The highest BCUT2D eigenvalue weighted by atomic mass is 16.5. The largest absolute Gasteiger partial charge is 0.464 e. The number of ether oxygens (including phenoxy) is 1. The van der Waals surface area contributed by atoms with Gasteiger partial charge in [-0.25, -0.2) is 4.79 Å². The fourth-order valence-corrected chi connectivity index (χ4v) is 1.98. The van der Waals surface area contributed by atoms with E-state index in [0.29, 0.717) is 11.6 Å². The molecule has 1 aromatic heterocycles. The quantitative estimate of drug-likeness (QED) is 0.711. The fraction of sp³-hybridized carbons (Fsp3) is 0.600. The summed E-state index contributed by atoms with van der Waals surface area (Å²) in [6.45, 7) is 1.99. The summed E-state index contributed by atoms with van der Waals surface area (Å²) in [5, 5.41) is 7.43. The molecule has 1 fully saturated rings. The van der Waals surface area contributed by atoms with E-state index < -0.39 is 0 Å². The lowest BCUT2D eigenvalue weighted by Gasteiger charge is -2.07. The van der Waals surface area contributed by atoms with E-state index in [1.807, 2.05) is 13.1 Å². The van der Waals surface area contributed by atoms with Gasteiger partial charge in [-0.15, -0.1) is 0 Å². The molecule has 0 bridgehead atoms. The third-order valence-electron chi connectivity index (χ3n) is 2.79. The van der Waals surface area contributed by atoms with Crippen LogP contribution in [0.3, 0.4) is 0 Å². The lowest BCUT2D eigenvalue weighted by atomic mass is 10.0. The van der Waals surface area contributed by atoms with Gasteiger partial charge >= 0.3 is 5.97 Å². The molecule has 5 heteroatoms. The van der Waals surface area contributed by atoms with Crippen LogP contribution in [0.25, 0.3) is 0 Å². The Kier molecular flexibility index (Phi) is 2.73. The minimum atomic E-state index is -0.372. The number of hydrogen-bond donors (Lipinski definition) is 1. The zero-order valence-corrected chi connectivity index (χ0v) is 8.99. The number of esters is 1. The lowest BCUT2D eigenvalue weighted by molar-refractivity contribution is 0.0593. The molecule has 1 N–H and O–H groups in total. The van der Waals surface area contributed by atoms with Crippen molar-refractivity contribution in [3.8, 4) is 0 Å². The molecule has 0 radical (unpaired) electrons. The first-order chi connectivity index (χ1) is 7.22. The minimum Gasteiger partial charge on any atom is -0.464 e. The molecule has 2 rings (SSSR count). The summed E-state index contributed by atoms with van der Waals surface area (Å²) < 4.78 is 6.40. The van der Waals surface area contributed by atoms with Crippen LogP contribution >= 0.6 is 0 Å². The molecule has 0 spiro atoms. The molecule has 1 saturated heterocycles. The van der Waals surface area contributed by atoms with Gasteiger partial charge in [0.05, 0.1) is 7.11 Å². The number of aryl methyl sites for hydroxylation is 1. The fourth-order valence-electron chi connectivity index (χ4n) is 1.98. The number of nitrogens with one attached hydrogen (secondary N) is 1. The molecule has 5 nitrogen and oxygen atoms in total. The molecule has 1 aromatic rings. The Morgan fingerprint density at radius 2 is 2.53 bits per heavy atom. The maximum Gasteiger partial charge on any atom is 0.358 e. The Balaban J connectivity index is 2.24. The van der Waals surface area contributed by atoms with Crippen LogP contribution in [-0.4, -0.2) is 35.9 Å². The van der Waals surface area contributed by atoms with Crippen LogP contribution in [0, 0.1) is 0 Å². The van der Waals surface area contributed by atoms with Crippen molar-refractivity contribution in [2.24, 2.45) is 7.05 Å². The highest BCUT2D eigenvalue weighted by Crippen LogP contribution is 2.22. The van der Waals surface area contributed by atoms with Crippen LogP contribution < -0.4 is 5.32 Å². The van der Waals surface area contributed by atoms with Crippen molar-refractivity contribution in [2.75, 3.05) is 20.2 Å². The van der Waals surface area contributed by atoms with Crippen LogP contribution in [-0.2, 0) is 11.8 Å². The second-order valence-electron chi connectivity index (χ2n) is 3.76. The average Bonchev–Trinajstić information content (AvgIpc) is 2.84. The summed E-state index contributed by atoms with van der Waals surface area (Å²) >= 11 is 0. The van der Waals surface area contributed by atoms with Crippen LogP contribution in [0.15, 0.2) is 6.07 Å². The molecule has 0 amide bonds. The number of nitrogens with zero attached hydrogens (tertiary/aromatic N) is 2. The van der Waals surface area contributed by atoms with Gasteiger partial charge in [-0.2, -0.15) is 5.10 Å². The zero-order valence-electron chi connectivity index (χ0n) is 8.99. The number of aromatic nitrogens is 2. The normalized spacial score (nSPS) is 20.5. The SMILES string of the molecule is COC(=O)c1cc(C2CCNC2)n(C)n1. The van der Waals surface area contributed by atoms with E-state index in [9.17, 15) is 4.79 Å². The molecule has 0 saturated carbocycles. The van der Waals surface area contributed by atoms with Crippen molar-refractivity contribution < 1.29 is 9.53 Å². The van der Waals surface area contributed by atoms with Crippen molar-refractivity contribution in [2.45, 2.75) is 12.3 Å². The third kappa shape index (κ3) is 1.87. The molecule has 15 heavy (non-hydrogen) atoms. The molecule has 0 aliphatic carbocycles. The summed E-state index contributed by atoms with van der Waals surface area (Å²) in [7, 11) is 3.23. The molecular formula is C10H15N3O2. The highest BCUT2D eigenvalue weighted by molar-refractivity contribution is 5.87. The van der Waals surface area contributed by atoms with E-state index in [1.54, 1.807) is 4.68 Å². The minimum absolute atomic E-state index is 0.372. The highest BCUT2D eigenvalue weighted by Gasteiger charge is 2.22. The zero-order chi connectivity index (χ0) is 10.8. The van der Waals surface area contributed by atoms with Gasteiger partial charge in [-0.05, 0) is 19.0 Å². The molecule has 82 valence electrons. The smallest absolute Gasteiger partial charge is 0.358 e. The summed E-state index contributed by atoms with van der Waals surface area (Å²) in [5.41, 5.74) is 1.49. The first kappa shape index (κ1) is 10.2. The predicted molar refractivity (Wildman–Crippen MR) is 54.8 cm³/mol. The van der Waals surface area contributed by atoms with Gasteiger partial charge in [0.2, 0.25) is 0 Å². The van der Waals surface area contributed by atoms with Crippen molar-refractivity contribution in [1.82, 2.24) is 15.1 Å². The Bertz CT molecular complexity index is 367. The van der Waals surface area contributed by atoms with E-state index >= 15 is 0 Å². The number of carbonyl (C=O) groups is 1. The number of carbonyl (C=O) groups excluding carboxylic acids is 1. The molecule has 1 atom stereocenters. The first-order valence-corrected chi connectivity index (χ1v) is 5.05. The van der Waals surface area contributed by atoms with E-state index in [4.69, 9.17) is 0 Å².